The molecule has 14 heavy (non-hydrogen) atoms. The summed E-state index contributed by atoms with van der Waals surface area (Å²) in [5.41, 5.74) is 0.873. The number of alkyl halides is 1. The van der Waals surface area contributed by atoms with Gasteiger partial charge in [0, 0.05) is 10.0 Å². The van der Waals surface area contributed by atoms with Crippen LogP contribution >= 0.6 is 27.3 Å². The van der Waals surface area contributed by atoms with Crippen LogP contribution in [0.4, 0.5) is 0 Å². The van der Waals surface area contributed by atoms with Crippen molar-refractivity contribution in [3.8, 4) is 0 Å². The van der Waals surface area contributed by atoms with Gasteiger partial charge in [-0.15, -0.1) is 11.3 Å². The Labute approximate surface area is 93.3 Å². The third-order valence-electron chi connectivity index (χ3n) is 2.03. The zero-order chi connectivity index (χ0) is 10.1. The standard InChI is InChI=1S/C10H7BrO2S/c11-5-7-6-3-1-2-4-8(6)14-9(7)10(12)13/h1-4H,5H2,(H,12,13). The van der Waals surface area contributed by atoms with Crippen molar-refractivity contribution >= 4 is 43.3 Å². The minimum Gasteiger partial charge on any atom is -0.477 e. The van der Waals surface area contributed by atoms with E-state index in [1.165, 1.54) is 11.3 Å². The lowest BCUT2D eigenvalue weighted by Crippen LogP contribution is -1.95. The van der Waals surface area contributed by atoms with Crippen LogP contribution in [0, 0.1) is 0 Å². The normalized spacial score (nSPS) is 10.6. The Kier molecular flexibility index (Phi) is 2.56. The highest BCUT2D eigenvalue weighted by Gasteiger charge is 2.15. The van der Waals surface area contributed by atoms with Crippen LogP contribution < -0.4 is 0 Å². The smallest absolute Gasteiger partial charge is 0.346 e. The summed E-state index contributed by atoms with van der Waals surface area (Å²) < 4.78 is 1.03. The molecule has 4 heteroatoms. The Bertz CT molecular complexity index is 490. The van der Waals surface area contributed by atoms with E-state index in [9.17, 15) is 4.79 Å². The van der Waals surface area contributed by atoms with Crippen LogP contribution in [0.25, 0.3) is 10.1 Å². The van der Waals surface area contributed by atoms with Crippen molar-refractivity contribution in [3.63, 3.8) is 0 Å². The van der Waals surface area contributed by atoms with Gasteiger partial charge in [-0.3, -0.25) is 0 Å². The lowest BCUT2D eigenvalue weighted by atomic mass is 10.1. The third kappa shape index (κ3) is 1.44. The van der Waals surface area contributed by atoms with Crippen LogP contribution in [-0.4, -0.2) is 11.1 Å². The molecule has 1 aromatic carbocycles. The number of benzene rings is 1. The van der Waals surface area contributed by atoms with Crippen LogP contribution in [0.1, 0.15) is 15.2 Å². The second kappa shape index (κ2) is 3.71. The van der Waals surface area contributed by atoms with Crippen molar-refractivity contribution in [1.82, 2.24) is 0 Å². The molecule has 0 saturated heterocycles. The van der Waals surface area contributed by atoms with Crippen molar-refractivity contribution in [2.45, 2.75) is 5.33 Å². The molecular formula is C10H7BrO2S. The molecule has 2 rings (SSSR count). The maximum Gasteiger partial charge on any atom is 0.346 e. The molecule has 1 heterocycles. The number of halogens is 1. The second-order valence-corrected chi connectivity index (χ2v) is 4.46. The maximum atomic E-state index is 10.9. The number of fused-ring (bicyclic) bond motifs is 1. The summed E-state index contributed by atoms with van der Waals surface area (Å²) in [6.07, 6.45) is 0. The summed E-state index contributed by atoms with van der Waals surface area (Å²) in [6.45, 7) is 0. The zero-order valence-electron chi connectivity index (χ0n) is 7.16. The molecular weight excluding hydrogens is 264 g/mol. The topological polar surface area (TPSA) is 37.3 Å². The Morgan fingerprint density at radius 1 is 1.43 bits per heavy atom. The number of rotatable bonds is 2. The average molecular weight is 271 g/mol. The largest absolute Gasteiger partial charge is 0.477 e. The summed E-state index contributed by atoms with van der Waals surface area (Å²) in [6, 6.07) is 7.74. The number of carbonyl (C=O) groups is 1. The van der Waals surface area contributed by atoms with Crippen LogP contribution in [0.2, 0.25) is 0 Å². The maximum absolute atomic E-state index is 10.9. The molecule has 0 amide bonds. The summed E-state index contributed by atoms with van der Waals surface area (Å²) in [5, 5.41) is 10.6. The van der Waals surface area contributed by atoms with Gasteiger partial charge in [-0.05, 0) is 17.0 Å². The summed E-state index contributed by atoms with van der Waals surface area (Å²) in [5.74, 6) is -0.847. The van der Waals surface area contributed by atoms with Gasteiger partial charge in [-0.1, -0.05) is 34.1 Å². The van der Waals surface area contributed by atoms with Crippen molar-refractivity contribution in [2.75, 3.05) is 0 Å². The van der Waals surface area contributed by atoms with Gasteiger partial charge in [-0.25, -0.2) is 4.79 Å². The van der Waals surface area contributed by atoms with Crippen molar-refractivity contribution in [1.29, 1.82) is 0 Å². The summed E-state index contributed by atoms with van der Waals surface area (Å²) in [7, 11) is 0. The van der Waals surface area contributed by atoms with Crippen molar-refractivity contribution in [2.24, 2.45) is 0 Å². The van der Waals surface area contributed by atoms with Crippen molar-refractivity contribution < 1.29 is 9.90 Å². The summed E-state index contributed by atoms with van der Waals surface area (Å²) in [4.78, 5) is 11.4. The number of carboxylic acid groups (broad SMARTS) is 1. The highest BCUT2D eigenvalue weighted by molar-refractivity contribution is 9.08. The van der Waals surface area contributed by atoms with Crippen LogP contribution in [0.5, 0.6) is 0 Å². The molecule has 0 radical (unpaired) electrons. The highest BCUT2D eigenvalue weighted by atomic mass is 79.9. The molecule has 0 saturated carbocycles. The molecule has 1 N–H and O–H groups in total. The first-order valence-electron chi connectivity index (χ1n) is 4.03. The molecule has 0 unspecified atom stereocenters. The quantitative estimate of drug-likeness (QED) is 0.849. The predicted molar refractivity (Wildman–Crippen MR) is 61.4 cm³/mol. The van der Waals surface area contributed by atoms with E-state index in [0.717, 1.165) is 15.6 Å². The van der Waals surface area contributed by atoms with Gasteiger partial charge in [0.1, 0.15) is 4.88 Å². The molecule has 0 spiro atoms. The molecule has 0 fully saturated rings. The fourth-order valence-electron chi connectivity index (χ4n) is 1.40. The van der Waals surface area contributed by atoms with Gasteiger partial charge < -0.3 is 5.11 Å². The molecule has 0 aliphatic rings. The van der Waals surface area contributed by atoms with Gasteiger partial charge >= 0.3 is 5.97 Å². The van der Waals surface area contributed by atoms with E-state index in [4.69, 9.17) is 5.11 Å². The Balaban J connectivity index is 2.78. The average Bonchev–Trinajstić information content (AvgIpc) is 2.56. The van der Waals surface area contributed by atoms with Gasteiger partial charge in [0.25, 0.3) is 0 Å². The van der Waals surface area contributed by atoms with Gasteiger partial charge in [0.15, 0.2) is 0 Å². The summed E-state index contributed by atoms with van der Waals surface area (Å²) >= 11 is 4.65. The second-order valence-electron chi connectivity index (χ2n) is 2.84. The number of hydrogen-bond acceptors (Lipinski definition) is 2. The molecule has 72 valence electrons. The molecule has 2 nitrogen and oxygen atoms in total. The fourth-order valence-corrected chi connectivity index (χ4v) is 3.23. The van der Waals surface area contributed by atoms with E-state index in [0.29, 0.717) is 10.2 Å². The SMILES string of the molecule is O=C(O)c1sc2ccccc2c1CBr. The monoisotopic (exact) mass is 270 g/mol. The van der Waals surface area contributed by atoms with Crippen LogP contribution in [0.15, 0.2) is 24.3 Å². The van der Waals surface area contributed by atoms with Gasteiger partial charge in [0.05, 0.1) is 0 Å². The minimum atomic E-state index is -0.847. The molecule has 0 bridgehead atoms. The number of aromatic carboxylic acids is 1. The zero-order valence-corrected chi connectivity index (χ0v) is 9.56. The predicted octanol–water partition coefficient (Wildman–Crippen LogP) is 3.49. The first-order chi connectivity index (χ1) is 6.74. The number of carboxylic acids is 1. The molecule has 0 aliphatic carbocycles. The Morgan fingerprint density at radius 3 is 2.79 bits per heavy atom. The third-order valence-corrected chi connectivity index (χ3v) is 3.79. The van der Waals surface area contributed by atoms with Crippen molar-refractivity contribution in [3.05, 3.63) is 34.7 Å². The molecule has 0 aliphatic heterocycles. The molecule has 0 atom stereocenters. The lowest BCUT2D eigenvalue weighted by Gasteiger charge is -1.94. The number of thiophene rings is 1. The highest BCUT2D eigenvalue weighted by Crippen LogP contribution is 2.32. The van der Waals surface area contributed by atoms with E-state index in [1.54, 1.807) is 0 Å². The van der Waals surface area contributed by atoms with E-state index >= 15 is 0 Å². The van der Waals surface area contributed by atoms with Gasteiger partial charge in [0.2, 0.25) is 0 Å². The number of hydrogen-bond donors (Lipinski definition) is 1. The van der Waals surface area contributed by atoms with E-state index in [2.05, 4.69) is 15.9 Å². The van der Waals surface area contributed by atoms with Gasteiger partial charge in [-0.2, -0.15) is 0 Å². The first-order valence-corrected chi connectivity index (χ1v) is 5.97. The first kappa shape index (κ1) is 9.68. The fraction of sp³-hybridized carbons (Fsp3) is 0.100. The van der Waals surface area contributed by atoms with E-state index < -0.39 is 5.97 Å². The lowest BCUT2D eigenvalue weighted by molar-refractivity contribution is 0.0701. The van der Waals surface area contributed by atoms with Crippen LogP contribution in [0.3, 0.4) is 0 Å². The van der Waals surface area contributed by atoms with E-state index in [-0.39, 0.29) is 0 Å². The Morgan fingerprint density at radius 2 is 2.14 bits per heavy atom. The molecule has 1 aromatic heterocycles. The van der Waals surface area contributed by atoms with E-state index in [1.807, 2.05) is 24.3 Å². The van der Waals surface area contributed by atoms with Crippen LogP contribution in [-0.2, 0) is 5.33 Å². The minimum absolute atomic E-state index is 0.433. The molecule has 2 aromatic rings. The Hall–Kier alpha value is -0.870.